The molecule has 0 spiro atoms. The number of sulfone groups is 1. The van der Waals surface area contributed by atoms with E-state index in [2.05, 4.69) is 10.4 Å². The van der Waals surface area contributed by atoms with E-state index >= 15 is 0 Å². The van der Waals surface area contributed by atoms with Crippen molar-refractivity contribution in [3.63, 3.8) is 0 Å². The zero-order valence-corrected chi connectivity index (χ0v) is 16.0. The third-order valence-electron chi connectivity index (χ3n) is 5.16. The Labute approximate surface area is 158 Å². The molecular formula is C19H23N3O4S. The van der Waals surface area contributed by atoms with Crippen molar-refractivity contribution in [1.29, 1.82) is 0 Å². The minimum absolute atomic E-state index is 0.0565. The zero-order valence-electron chi connectivity index (χ0n) is 15.2. The number of hydrogen-bond donors (Lipinski definition) is 1. The van der Waals surface area contributed by atoms with Crippen molar-refractivity contribution in [3.8, 4) is 17.0 Å². The predicted molar refractivity (Wildman–Crippen MR) is 102 cm³/mol. The molecule has 2 fully saturated rings. The Morgan fingerprint density at radius 2 is 2.00 bits per heavy atom. The lowest BCUT2D eigenvalue weighted by molar-refractivity contribution is 0.0945. The minimum atomic E-state index is -3.06. The quantitative estimate of drug-likeness (QED) is 0.817. The van der Waals surface area contributed by atoms with Gasteiger partial charge in [-0.25, -0.2) is 8.42 Å². The molecule has 8 heteroatoms. The summed E-state index contributed by atoms with van der Waals surface area (Å²) in [5, 5.41) is 7.41. The highest BCUT2D eigenvalue weighted by atomic mass is 32.2. The molecule has 1 N–H and O–H groups in total. The second-order valence-corrected chi connectivity index (χ2v) is 9.53. The molecular weight excluding hydrogens is 366 g/mol. The molecule has 0 bridgehead atoms. The monoisotopic (exact) mass is 389 g/mol. The van der Waals surface area contributed by atoms with Crippen molar-refractivity contribution in [2.24, 2.45) is 5.92 Å². The topological polar surface area (TPSA) is 90.3 Å². The maximum atomic E-state index is 12.5. The number of methoxy groups -OCH3 is 1. The van der Waals surface area contributed by atoms with Crippen LogP contribution < -0.4 is 10.1 Å². The van der Waals surface area contributed by atoms with Gasteiger partial charge < -0.3 is 10.1 Å². The zero-order chi connectivity index (χ0) is 19.0. The molecule has 1 saturated carbocycles. The molecule has 2 aromatic rings. The SMILES string of the molecule is COc1ccc(-c2cc(C(=O)NCC3CC3)nn2C2CCS(=O)(=O)C2)cc1. The molecule has 2 aliphatic rings. The lowest BCUT2D eigenvalue weighted by Gasteiger charge is -2.13. The van der Waals surface area contributed by atoms with E-state index in [-0.39, 0.29) is 23.5 Å². The molecule has 1 aromatic carbocycles. The molecule has 2 heterocycles. The Bertz CT molecular complexity index is 946. The van der Waals surface area contributed by atoms with Gasteiger partial charge in [-0.3, -0.25) is 9.48 Å². The summed E-state index contributed by atoms with van der Waals surface area (Å²) in [6.45, 7) is 0.668. The lowest BCUT2D eigenvalue weighted by Crippen LogP contribution is -2.26. The first kappa shape index (κ1) is 18.0. The normalized spacial score (nSPS) is 21.1. The molecule has 144 valence electrons. The summed E-state index contributed by atoms with van der Waals surface area (Å²) >= 11 is 0. The van der Waals surface area contributed by atoms with Gasteiger partial charge in [0.1, 0.15) is 5.75 Å². The molecule has 1 amide bonds. The molecule has 1 aromatic heterocycles. The van der Waals surface area contributed by atoms with E-state index in [0.29, 0.717) is 24.6 Å². The molecule has 0 radical (unpaired) electrons. The van der Waals surface area contributed by atoms with Gasteiger partial charge in [0.2, 0.25) is 0 Å². The number of carbonyl (C=O) groups is 1. The molecule has 1 unspecified atom stereocenters. The van der Waals surface area contributed by atoms with Gasteiger partial charge >= 0.3 is 0 Å². The number of nitrogens with one attached hydrogen (secondary N) is 1. The van der Waals surface area contributed by atoms with Crippen LogP contribution in [0, 0.1) is 5.92 Å². The van der Waals surface area contributed by atoms with E-state index in [1.54, 1.807) is 17.9 Å². The summed E-state index contributed by atoms with van der Waals surface area (Å²) in [6, 6.07) is 8.95. The van der Waals surface area contributed by atoms with E-state index in [4.69, 9.17) is 4.74 Å². The Balaban J connectivity index is 1.66. The van der Waals surface area contributed by atoms with Crippen LogP contribution in [-0.2, 0) is 9.84 Å². The fourth-order valence-corrected chi connectivity index (χ4v) is 5.07. The third kappa shape index (κ3) is 4.00. The largest absolute Gasteiger partial charge is 0.497 e. The number of rotatable bonds is 6. The van der Waals surface area contributed by atoms with Gasteiger partial charge in [0.25, 0.3) is 5.91 Å². The third-order valence-corrected chi connectivity index (χ3v) is 6.91. The summed E-state index contributed by atoms with van der Waals surface area (Å²) in [7, 11) is -1.46. The summed E-state index contributed by atoms with van der Waals surface area (Å²) in [5.74, 6) is 1.31. The van der Waals surface area contributed by atoms with Crippen molar-refractivity contribution < 1.29 is 17.9 Å². The smallest absolute Gasteiger partial charge is 0.271 e. The van der Waals surface area contributed by atoms with Gasteiger partial charge in [0.15, 0.2) is 15.5 Å². The van der Waals surface area contributed by atoms with Crippen molar-refractivity contribution in [2.75, 3.05) is 25.2 Å². The molecule has 1 saturated heterocycles. The van der Waals surface area contributed by atoms with Crippen molar-refractivity contribution in [2.45, 2.75) is 25.3 Å². The van der Waals surface area contributed by atoms with E-state index in [1.807, 2.05) is 24.3 Å². The first-order valence-electron chi connectivity index (χ1n) is 9.18. The van der Waals surface area contributed by atoms with E-state index in [0.717, 1.165) is 29.8 Å². The highest BCUT2D eigenvalue weighted by Crippen LogP contribution is 2.31. The summed E-state index contributed by atoms with van der Waals surface area (Å²) < 4.78 is 30.8. The van der Waals surface area contributed by atoms with Gasteiger partial charge in [0.05, 0.1) is 30.4 Å². The second kappa shape index (κ2) is 6.99. The molecule has 4 rings (SSSR count). The Hall–Kier alpha value is -2.35. The fourth-order valence-electron chi connectivity index (χ4n) is 3.38. The van der Waals surface area contributed by atoms with Crippen LogP contribution in [0.15, 0.2) is 30.3 Å². The Morgan fingerprint density at radius 1 is 1.26 bits per heavy atom. The van der Waals surface area contributed by atoms with Gasteiger partial charge in [0, 0.05) is 12.1 Å². The van der Waals surface area contributed by atoms with E-state index < -0.39 is 9.84 Å². The number of benzene rings is 1. The van der Waals surface area contributed by atoms with Crippen LogP contribution in [0.2, 0.25) is 0 Å². The predicted octanol–water partition coefficient (Wildman–Crippen LogP) is 2.06. The molecule has 7 nitrogen and oxygen atoms in total. The summed E-state index contributed by atoms with van der Waals surface area (Å²) in [5.41, 5.74) is 1.94. The number of ether oxygens (including phenoxy) is 1. The van der Waals surface area contributed by atoms with Gasteiger partial charge in [-0.1, -0.05) is 0 Å². The first-order chi connectivity index (χ1) is 12.9. The van der Waals surface area contributed by atoms with Crippen LogP contribution in [0.3, 0.4) is 0 Å². The van der Waals surface area contributed by atoms with Crippen LogP contribution in [0.4, 0.5) is 0 Å². The fraction of sp³-hybridized carbons (Fsp3) is 0.474. The second-order valence-electron chi connectivity index (χ2n) is 7.30. The van der Waals surface area contributed by atoms with Gasteiger partial charge in [-0.15, -0.1) is 0 Å². The van der Waals surface area contributed by atoms with Crippen LogP contribution in [0.5, 0.6) is 5.75 Å². The number of hydrogen-bond acceptors (Lipinski definition) is 5. The number of nitrogens with zero attached hydrogens (tertiary/aromatic N) is 2. The Morgan fingerprint density at radius 3 is 2.59 bits per heavy atom. The van der Waals surface area contributed by atoms with Gasteiger partial charge in [-0.2, -0.15) is 5.10 Å². The highest BCUT2D eigenvalue weighted by Gasteiger charge is 2.32. The number of amides is 1. The lowest BCUT2D eigenvalue weighted by atomic mass is 10.1. The maximum absolute atomic E-state index is 12.5. The first-order valence-corrected chi connectivity index (χ1v) is 11.0. The molecule has 1 aliphatic carbocycles. The average Bonchev–Trinajstić information content (AvgIpc) is 3.27. The summed E-state index contributed by atoms with van der Waals surface area (Å²) in [6.07, 6.45) is 2.83. The standard InChI is InChI=1S/C19H23N3O4S/c1-26-16-6-4-14(5-7-16)18-10-17(19(23)20-11-13-2-3-13)21-22(18)15-8-9-27(24,25)12-15/h4-7,10,13,15H,2-3,8-9,11-12H2,1H3,(H,20,23). The van der Waals surface area contributed by atoms with E-state index in [9.17, 15) is 13.2 Å². The van der Waals surface area contributed by atoms with Crippen LogP contribution in [0.25, 0.3) is 11.3 Å². The van der Waals surface area contributed by atoms with Crippen molar-refractivity contribution in [3.05, 3.63) is 36.0 Å². The van der Waals surface area contributed by atoms with Crippen LogP contribution in [0.1, 0.15) is 35.8 Å². The van der Waals surface area contributed by atoms with Crippen molar-refractivity contribution in [1.82, 2.24) is 15.1 Å². The average molecular weight is 389 g/mol. The van der Waals surface area contributed by atoms with E-state index in [1.165, 1.54) is 0 Å². The molecule has 1 aliphatic heterocycles. The minimum Gasteiger partial charge on any atom is -0.497 e. The van der Waals surface area contributed by atoms with Gasteiger partial charge in [-0.05, 0) is 55.5 Å². The molecule has 1 atom stereocenters. The number of aromatic nitrogens is 2. The highest BCUT2D eigenvalue weighted by molar-refractivity contribution is 7.91. The Kier molecular flexibility index (Phi) is 4.67. The summed E-state index contributed by atoms with van der Waals surface area (Å²) in [4.78, 5) is 12.5. The van der Waals surface area contributed by atoms with Crippen LogP contribution in [-0.4, -0.2) is 49.3 Å². The number of carbonyl (C=O) groups excluding carboxylic acids is 1. The molecule has 27 heavy (non-hydrogen) atoms. The van der Waals surface area contributed by atoms with Crippen molar-refractivity contribution >= 4 is 15.7 Å². The maximum Gasteiger partial charge on any atom is 0.271 e. The van der Waals surface area contributed by atoms with Crippen LogP contribution >= 0.6 is 0 Å².